The van der Waals surface area contributed by atoms with E-state index < -0.39 is 0 Å². The van der Waals surface area contributed by atoms with Crippen LogP contribution in [-0.4, -0.2) is 30.7 Å². The number of ether oxygens (including phenoxy) is 1. The summed E-state index contributed by atoms with van der Waals surface area (Å²) in [5.41, 5.74) is 5.47. The number of carbonyl (C=O) groups excluding carboxylic acids is 1. The Morgan fingerprint density at radius 2 is 2.00 bits per heavy atom. The summed E-state index contributed by atoms with van der Waals surface area (Å²) in [5.74, 6) is 0.288. The second kappa shape index (κ2) is 4.94. The quantitative estimate of drug-likeness (QED) is 0.719. The molecule has 1 fully saturated rings. The van der Waals surface area contributed by atoms with Gasteiger partial charge in [-0.2, -0.15) is 0 Å². The molecule has 0 aromatic rings. The number of nitrogens with two attached hydrogens (primary N) is 1. The third kappa shape index (κ3) is 2.69. The lowest BCUT2D eigenvalue weighted by molar-refractivity contribution is -0.127. The molecule has 1 amide bonds. The molecule has 88 valence electrons. The molecule has 0 aliphatic carbocycles. The maximum absolute atomic E-state index is 11.9. The molecular formula is C11H22N2O2. The molecule has 4 nitrogen and oxygen atoms in total. The summed E-state index contributed by atoms with van der Waals surface area (Å²) in [5, 5.41) is 2.91. The lowest BCUT2D eigenvalue weighted by Gasteiger charge is -2.20. The normalized spacial score (nSPS) is 37.7. The Morgan fingerprint density at radius 1 is 1.40 bits per heavy atom. The fourth-order valence-electron chi connectivity index (χ4n) is 2.12. The van der Waals surface area contributed by atoms with E-state index in [1.165, 1.54) is 0 Å². The molecule has 5 unspecified atom stereocenters. The highest BCUT2D eigenvalue weighted by atomic mass is 16.5. The van der Waals surface area contributed by atoms with Crippen LogP contribution in [0.25, 0.3) is 0 Å². The predicted octanol–water partition coefficient (Wildman–Crippen LogP) is 0.509. The number of carbonyl (C=O) groups is 1. The minimum atomic E-state index is -0.0472. The highest BCUT2D eigenvalue weighted by molar-refractivity contribution is 5.80. The molecule has 0 aromatic carbocycles. The van der Waals surface area contributed by atoms with Crippen LogP contribution in [0, 0.1) is 11.8 Å². The summed E-state index contributed by atoms with van der Waals surface area (Å²) in [7, 11) is 0. The Morgan fingerprint density at radius 3 is 2.40 bits per heavy atom. The van der Waals surface area contributed by atoms with Gasteiger partial charge in [-0.1, -0.05) is 6.92 Å². The van der Waals surface area contributed by atoms with Crippen LogP contribution >= 0.6 is 0 Å². The average Bonchev–Trinajstić information content (AvgIpc) is 2.41. The molecule has 15 heavy (non-hydrogen) atoms. The van der Waals surface area contributed by atoms with Crippen LogP contribution in [0.5, 0.6) is 0 Å². The van der Waals surface area contributed by atoms with E-state index in [0.29, 0.717) is 6.54 Å². The molecule has 1 aliphatic rings. The van der Waals surface area contributed by atoms with Crippen molar-refractivity contribution in [3.05, 3.63) is 0 Å². The second-order valence-corrected chi connectivity index (χ2v) is 4.58. The van der Waals surface area contributed by atoms with Crippen molar-refractivity contribution in [2.24, 2.45) is 17.6 Å². The molecule has 3 N–H and O–H groups in total. The van der Waals surface area contributed by atoms with E-state index in [1.54, 1.807) is 0 Å². The third-order valence-corrected chi connectivity index (χ3v) is 3.29. The van der Waals surface area contributed by atoms with Gasteiger partial charge in [-0.15, -0.1) is 0 Å². The minimum Gasteiger partial charge on any atom is -0.374 e. The minimum absolute atomic E-state index is 0.0000236. The van der Waals surface area contributed by atoms with Gasteiger partial charge in [0, 0.05) is 12.6 Å². The van der Waals surface area contributed by atoms with Crippen LogP contribution in [0.4, 0.5) is 0 Å². The van der Waals surface area contributed by atoms with E-state index in [2.05, 4.69) is 12.2 Å². The van der Waals surface area contributed by atoms with Gasteiger partial charge >= 0.3 is 0 Å². The van der Waals surface area contributed by atoms with E-state index in [-0.39, 0.29) is 36.0 Å². The van der Waals surface area contributed by atoms with Crippen molar-refractivity contribution in [3.63, 3.8) is 0 Å². The fourth-order valence-corrected chi connectivity index (χ4v) is 2.12. The lowest BCUT2D eigenvalue weighted by Crippen LogP contribution is -2.44. The number of hydrogen-bond donors (Lipinski definition) is 2. The summed E-state index contributed by atoms with van der Waals surface area (Å²) < 4.78 is 5.63. The zero-order valence-corrected chi connectivity index (χ0v) is 9.99. The molecule has 0 radical (unpaired) electrons. The summed E-state index contributed by atoms with van der Waals surface area (Å²) >= 11 is 0. The third-order valence-electron chi connectivity index (χ3n) is 3.29. The van der Waals surface area contributed by atoms with Gasteiger partial charge in [0.05, 0.1) is 18.1 Å². The number of amides is 1. The van der Waals surface area contributed by atoms with Crippen LogP contribution in [0.15, 0.2) is 0 Å². The fraction of sp³-hybridized carbons (Fsp3) is 0.909. The van der Waals surface area contributed by atoms with Gasteiger partial charge in [0.25, 0.3) is 0 Å². The molecule has 0 spiro atoms. The van der Waals surface area contributed by atoms with Crippen molar-refractivity contribution in [2.45, 2.75) is 45.9 Å². The van der Waals surface area contributed by atoms with E-state index >= 15 is 0 Å². The van der Waals surface area contributed by atoms with Crippen molar-refractivity contribution in [3.8, 4) is 0 Å². The van der Waals surface area contributed by atoms with Crippen molar-refractivity contribution in [2.75, 3.05) is 6.54 Å². The summed E-state index contributed by atoms with van der Waals surface area (Å²) in [6, 6.07) is 0.0350. The Bertz CT molecular complexity index is 233. The molecule has 4 heteroatoms. The van der Waals surface area contributed by atoms with Crippen molar-refractivity contribution in [1.29, 1.82) is 0 Å². The molecule has 0 saturated carbocycles. The first-order valence-electron chi connectivity index (χ1n) is 5.63. The zero-order chi connectivity index (χ0) is 11.6. The van der Waals surface area contributed by atoms with Crippen LogP contribution in [0.3, 0.4) is 0 Å². The van der Waals surface area contributed by atoms with Gasteiger partial charge < -0.3 is 15.8 Å². The van der Waals surface area contributed by atoms with E-state index in [0.717, 1.165) is 0 Å². The van der Waals surface area contributed by atoms with Crippen LogP contribution in [0.1, 0.15) is 27.7 Å². The van der Waals surface area contributed by atoms with Crippen molar-refractivity contribution < 1.29 is 9.53 Å². The average molecular weight is 214 g/mol. The Labute approximate surface area is 91.5 Å². The van der Waals surface area contributed by atoms with E-state index in [4.69, 9.17) is 10.5 Å². The maximum Gasteiger partial charge on any atom is 0.226 e. The predicted molar refractivity (Wildman–Crippen MR) is 59.3 cm³/mol. The van der Waals surface area contributed by atoms with Crippen molar-refractivity contribution >= 4 is 5.91 Å². The number of hydrogen-bond acceptors (Lipinski definition) is 3. The summed E-state index contributed by atoms with van der Waals surface area (Å²) in [6.07, 6.45) is 0.156. The van der Waals surface area contributed by atoms with Gasteiger partial charge in [-0.3, -0.25) is 4.79 Å². The molecule has 1 aliphatic heterocycles. The molecule has 1 rings (SSSR count). The number of nitrogens with one attached hydrogen (secondary N) is 1. The zero-order valence-electron chi connectivity index (χ0n) is 9.99. The molecule has 0 bridgehead atoms. The first-order valence-corrected chi connectivity index (χ1v) is 5.63. The molecular weight excluding hydrogens is 192 g/mol. The van der Waals surface area contributed by atoms with Gasteiger partial charge in [-0.25, -0.2) is 0 Å². The van der Waals surface area contributed by atoms with Crippen LogP contribution in [-0.2, 0) is 9.53 Å². The molecule has 1 saturated heterocycles. The van der Waals surface area contributed by atoms with Crippen molar-refractivity contribution in [1.82, 2.24) is 5.32 Å². The van der Waals surface area contributed by atoms with Crippen LogP contribution in [0.2, 0.25) is 0 Å². The Hall–Kier alpha value is -0.610. The Balaban J connectivity index is 2.59. The number of rotatable bonds is 3. The smallest absolute Gasteiger partial charge is 0.226 e. The SMILES string of the molecule is CC(CN)NC(=O)C1C(C)OC(C)C1C. The van der Waals surface area contributed by atoms with Gasteiger partial charge in [-0.05, 0) is 26.7 Å². The van der Waals surface area contributed by atoms with E-state index in [9.17, 15) is 4.79 Å². The standard InChI is InChI=1S/C11H22N2O2/c1-6(5-12)13-11(14)10-7(2)8(3)15-9(10)4/h6-10H,5,12H2,1-4H3,(H,13,14). The molecule has 5 atom stereocenters. The topological polar surface area (TPSA) is 64.3 Å². The monoisotopic (exact) mass is 214 g/mol. The highest BCUT2D eigenvalue weighted by Gasteiger charge is 2.41. The largest absolute Gasteiger partial charge is 0.374 e. The maximum atomic E-state index is 11.9. The van der Waals surface area contributed by atoms with Crippen LogP contribution < -0.4 is 11.1 Å². The summed E-state index contributed by atoms with van der Waals surface area (Å²) in [6.45, 7) is 8.41. The Kier molecular flexibility index (Phi) is 4.11. The van der Waals surface area contributed by atoms with Gasteiger partial charge in [0.1, 0.15) is 0 Å². The van der Waals surface area contributed by atoms with Gasteiger partial charge in [0.15, 0.2) is 0 Å². The first kappa shape index (κ1) is 12.5. The van der Waals surface area contributed by atoms with Gasteiger partial charge in [0.2, 0.25) is 5.91 Å². The summed E-state index contributed by atoms with van der Waals surface area (Å²) in [4.78, 5) is 11.9. The van der Waals surface area contributed by atoms with E-state index in [1.807, 2.05) is 20.8 Å². The molecule has 1 heterocycles. The first-order chi connectivity index (χ1) is 6.97. The highest BCUT2D eigenvalue weighted by Crippen LogP contribution is 2.32. The molecule has 0 aromatic heterocycles. The second-order valence-electron chi connectivity index (χ2n) is 4.58. The lowest BCUT2D eigenvalue weighted by atomic mass is 9.88.